The first-order chi connectivity index (χ1) is 19.9. The van der Waals surface area contributed by atoms with Crippen molar-refractivity contribution in [2.45, 2.75) is 32.6 Å². The van der Waals surface area contributed by atoms with Gasteiger partial charge in [-0.3, -0.25) is 14.5 Å². The molecule has 3 aromatic heterocycles. The Kier molecular flexibility index (Phi) is 7.55. The molecule has 0 unspecified atom stereocenters. The lowest BCUT2D eigenvalue weighted by atomic mass is 10.0. The third kappa shape index (κ3) is 5.35. The van der Waals surface area contributed by atoms with Gasteiger partial charge < -0.3 is 9.73 Å². The van der Waals surface area contributed by atoms with E-state index in [0.717, 1.165) is 33.6 Å². The van der Waals surface area contributed by atoms with Gasteiger partial charge in [0.2, 0.25) is 11.8 Å². The van der Waals surface area contributed by atoms with Crippen LogP contribution in [-0.4, -0.2) is 33.9 Å². The maximum absolute atomic E-state index is 13.9. The molecule has 5 aromatic rings. The second-order valence-corrected chi connectivity index (χ2v) is 12.2. The average Bonchev–Trinajstić information content (AvgIpc) is 3.71. The van der Waals surface area contributed by atoms with E-state index in [1.54, 1.807) is 46.4 Å². The number of amides is 2. The lowest BCUT2D eigenvalue weighted by Crippen LogP contribution is -2.42. The topological polar surface area (TPSA) is 80.4 Å². The van der Waals surface area contributed by atoms with Crippen molar-refractivity contribution < 1.29 is 14.0 Å². The minimum absolute atomic E-state index is 0.125. The summed E-state index contributed by atoms with van der Waals surface area (Å²) in [6.45, 7) is 6.33. The van der Waals surface area contributed by atoms with Crippen molar-refractivity contribution in [2.75, 3.05) is 17.2 Å². The van der Waals surface area contributed by atoms with Gasteiger partial charge in [-0.2, -0.15) is 5.10 Å². The van der Waals surface area contributed by atoms with Crippen LogP contribution in [-0.2, 0) is 16.1 Å². The smallest absolute Gasteiger partial charge is 0.240 e. The zero-order chi connectivity index (χ0) is 28.5. The molecule has 2 aromatic carbocycles. The van der Waals surface area contributed by atoms with Crippen molar-refractivity contribution >= 4 is 40.7 Å². The molecule has 41 heavy (non-hydrogen) atoms. The molecule has 4 heterocycles. The Morgan fingerprint density at radius 1 is 1.05 bits per heavy atom. The van der Waals surface area contributed by atoms with Crippen LogP contribution in [0.2, 0.25) is 0 Å². The monoisotopic (exact) mass is 582 g/mol. The number of thiophene rings is 1. The number of aromatic nitrogens is 2. The molecule has 7 nitrogen and oxygen atoms in total. The molecule has 208 valence electrons. The number of aryl methyl sites for hydroxylation is 3. The number of nitrogens with zero attached hydrogens (tertiary/aromatic N) is 3. The molecule has 0 bridgehead atoms. The number of thioether (sulfide) groups is 1. The van der Waals surface area contributed by atoms with Crippen LogP contribution in [0.5, 0.6) is 0 Å². The molecule has 6 rings (SSSR count). The van der Waals surface area contributed by atoms with Crippen molar-refractivity contribution in [3.05, 3.63) is 111 Å². The lowest BCUT2D eigenvalue weighted by Gasteiger charge is -2.23. The molecular formula is C32H30N4O3S2. The van der Waals surface area contributed by atoms with E-state index in [2.05, 4.69) is 36.7 Å². The Hall–Kier alpha value is -4.08. The van der Waals surface area contributed by atoms with Crippen molar-refractivity contribution in [3.63, 3.8) is 0 Å². The number of anilines is 1. The largest absolute Gasteiger partial charge is 0.467 e. The van der Waals surface area contributed by atoms with E-state index in [1.807, 2.05) is 54.1 Å². The van der Waals surface area contributed by atoms with Crippen LogP contribution in [0, 0.1) is 20.8 Å². The molecule has 1 aliphatic rings. The highest BCUT2D eigenvalue weighted by molar-refractivity contribution is 8.00. The first-order valence-corrected chi connectivity index (χ1v) is 15.3. The number of furan rings is 1. The molecule has 0 radical (unpaired) electrons. The Morgan fingerprint density at radius 3 is 2.59 bits per heavy atom. The minimum atomic E-state index is -0.272. The predicted octanol–water partition coefficient (Wildman–Crippen LogP) is 6.60. The number of benzene rings is 2. The van der Waals surface area contributed by atoms with Gasteiger partial charge in [0.1, 0.15) is 18.1 Å². The Bertz CT molecular complexity index is 1710. The molecule has 0 saturated heterocycles. The zero-order valence-corrected chi connectivity index (χ0v) is 24.7. The summed E-state index contributed by atoms with van der Waals surface area (Å²) < 4.78 is 7.25. The quantitative estimate of drug-likeness (QED) is 0.234. The number of hydrogen-bond donors (Lipinski definition) is 1. The van der Waals surface area contributed by atoms with E-state index < -0.39 is 0 Å². The number of fused-ring (bicyclic) bond motifs is 1. The molecule has 0 saturated carbocycles. The molecule has 1 N–H and O–H groups in total. The van der Waals surface area contributed by atoms with E-state index in [0.29, 0.717) is 11.6 Å². The van der Waals surface area contributed by atoms with Crippen LogP contribution >= 0.6 is 23.1 Å². The van der Waals surface area contributed by atoms with Gasteiger partial charge in [-0.25, -0.2) is 4.68 Å². The number of hydrogen-bond acceptors (Lipinski definition) is 6. The summed E-state index contributed by atoms with van der Waals surface area (Å²) in [7, 11) is 0. The average molecular weight is 583 g/mol. The molecule has 1 aliphatic heterocycles. The number of carbonyl (C=O) groups is 2. The lowest BCUT2D eigenvalue weighted by molar-refractivity contribution is -0.123. The van der Waals surface area contributed by atoms with Crippen LogP contribution in [0.15, 0.2) is 82.8 Å². The van der Waals surface area contributed by atoms with Crippen LogP contribution in [0.3, 0.4) is 0 Å². The molecule has 1 atom stereocenters. The van der Waals surface area contributed by atoms with E-state index in [1.165, 1.54) is 10.4 Å². The van der Waals surface area contributed by atoms with Gasteiger partial charge in [-0.15, -0.1) is 23.1 Å². The minimum Gasteiger partial charge on any atom is -0.467 e. The van der Waals surface area contributed by atoms with E-state index in [-0.39, 0.29) is 35.9 Å². The Balaban J connectivity index is 1.55. The van der Waals surface area contributed by atoms with Gasteiger partial charge in [-0.1, -0.05) is 48.0 Å². The van der Waals surface area contributed by atoms with Crippen molar-refractivity contribution in [1.82, 2.24) is 15.1 Å². The molecule has 0 spiro atoms. The van der Waals surface area contributed by atoms with Crippen LogP contribution in [0.1, 0.15) is 38.1 Å². The first-order valence-electron chi connectivity index (χ1n) is 13.4. The van der Waals surface area contributed by atoms with Gasteiger partial charge in [-0.05, 0) is 61.5 Å². The van der Waals surface area contributed by atoms with Crippen molar-refractivity contribution in [2.24, 2.45) is 0 Å². The molecule has 0 aliphatic carbocycles. The molecule has 9 heteroatoms. The molecule has 2 amide bonds. The number of carbonyl (C=O) groups excluding carboxylic acids is 2. The zero-order valence-electron chi connectivity index (χ0n) is 23.1. The second-order valence-electron chi connectivity index (χ2n) is 10.1. The van der Waals surface area contributed by atoms with E-state index in [4.69, 9.17) is 9.52 Å². The highest BCUT2D eigenvalue weighted by Gasteiger charge is 2.38. The van der Waals surface area contributed by atoms with Crippen molar-refractivity contribution in [1.29, 1.82) is 0 Å². The normalized spacial score (nSPS) is 15.0. The summed E-state index contributed by atoms with van der Waals surface area (Å²) in [4.78, 5) is 30.0. The van der Waals surface area contributed by atoms with E-state index >= 15 is 0 Å². The summed E-state index contributed by atoms with van der Waals surface area (Å²) >= 11 is 3.28. The summed E-state index contributed by atoms with van der Waals surface area (Å²) in [6.07, 6.45) is 1.57. The second kappa shape index (κ2) is 11.4. The fourth-order valence-electron chi connectivity index (χ4n) is 5.20. The van der Waals surface area contributed by atoms with E-state index in [9.17, 15) is 9.59 Å². The summed E-state index contributed by atoms with van der Waals surface area (Å²) in [6, 6.07) is 22.0. The summed E-state index contributed by atoms with van der Waals surface area (Å²) in [5.74, 6) is 1.12. The third-order valence-corrected chi connectivity index (χ3v) is 9.65. The fourth-order valence-corrected chi connectivity index (χ4v) is 7.67. The van der Waals surface area contributed by atoms with Crippen LogP contribution in [0.4, 0.5) is 5.82 Å². The van der Waals surface area contributed by atoms with Gasteiger partial charge in [0.25, 0.3) is 0 Å². The highest BCUT2D eigenvalue weighted by Crippen LogP contribution is 2.50. The van der Waals surface area contributed by atoms with Crippen LogP contribution < -0.4 is 10.2 Å². The number of nitrogens with one attached hydrogen (secondary N) is 1. The molecule has 0 fully saturated rings. The van der Waals surface area contributed by atoms with Gasteiger partial charge in [0.05, 0.1) is 35.2 Å². The summed E-state index contributed by atoms with van der Waals surface area (Å²) in [5.41, 5.74) is 6.93. The summed E-state index contributed by atoms with van der Waals surface area (Å²) in [5, 5.41) is 10.1. The Labute approximate surface area is 247 Å². The van der Waals surface area contributed by atoms with Crippen molar-refractivity contribution in [3.8, 4) is 16.9 Å². The number of rotatable bonds is 7. The highest BCUT2D eigenvalue weighted by atomic mass is 32.2. The first kappa shape index (κ1) is 27.1. The van der Waals surface area contributed by atoms with Gasteiger partial charge in [0.15, 0.2) is 0 Å². The van der Waals surface area contributed by atoms with Gasteiger partial charge in [0, 0.05) is 16.0 Å². The fraction of sp³-hybridized carbons (Fsp3) is 0.219. The van der Waals surface area contributed by atoms with Gasteiger partial charge >= 0.3 is 0 Å². The maximum atomic E-state index is 13.9. The maximum Gasteiger partial charge on any atom is 0.240 e. The third-order valence-electron chi connectivity index (χ3n) is 7.20. The standard InChI is InChI=1S/C32H30N4O3S2/c1-20-11-12-25(22(3)16-20)36-32-28(29(34-36)23-8-5-4-6-9-23)31(30-21(2)13-15-40-30)41-19-27(38)35(32)18-26(37)33-17-24-10-7-14-39-24/h4-16,31H,17-19H2,1-3H3,(H,33,37)/t31-/m1/s1. The van der Waals surface area contributed by atoms with Crippen LogP contribution in [0.25, 0.3) is 16.9 Å². The molecular weight excluding hydrogens is 553 g/mol. The SMILES string of the molecule is Cc1ccc(-n2nc(-c3ccccc3)c3c2N(CC(=O)NCc2ccco2)C(=O)CS[C@H]3c2sccc2C)c(C)c1. The predicted molar refractivity (Wildman–Crippen MR) is 165 cm³/mol. The Morgan fingerprint density at radius 2 is 1.88 bits per heavy atom.